The molecule has 20 heavy (non-hydrogen) atoms. The van der Waals surface area contributed by atoms with E-state index in [0.29, 0.717) is 6.04 Å². The number of ether oxygens (including phenoxy) is 1. The third-order valence-electron chi connectivity index (χ3n) is 3.92. The van der Waals surface area contributed by atoms with Gasteiger partial charge in [-0.1, -0.05) is 19.1 Å². The monoisotopic (exact) mass is 273 g/mol. The van der Waals surface area contributed by atoms with Crippen LogP contribution < -0.4 is 4.74 Å². The Balaban J connectivity index is 2.00. The average molecular weight is 273 g/mol. The zero-order valence-electron chi connectivity index (χ0n) is 12.3. The first-order valence-electron chi connectivity index (χ1n) is 7.37. The molecule has 1 aliphatic heterocycles. The highest BCUT2D eigenvalue weighted by atomic mass is 16.5. The van der Waals surface area contributed by atoms with Crippen molar-refractivity contribution in [3.8, 4) is 5.75 Å². The zero-order chi connectivity index (χ0) is 14.4. The highest BCUT2D eigenvalue weighted by Gasteiger charge is 2.23. The van der Waals surface area contributed by atoms with E-state index in [1.54, 1.807) is 13.2 Å². The second-order valence-electron chi connectivity index (χ2n) is 5.20. The number of carbonyl (C=O) groups excluding carboxylic acids is 1. The van der Waals surface area contributed by atoms with Crippen molar-refractivity contribution >= 4 is 12.0 Å². The van der Waals surface area contributed by atoms with E-state index in [2.05, 4.69) is 6.92 Å². The summed E-state index contributed by atoms with van der Waals surface area (Å²) in [5.41, 5.74) is 1.02. The van der Waals surface area contributed by atoms with Gasteiger partial charge in [-0.25, -0.2) is 0 Å². The van der Waals surface area contributed by atoms with Gasteiger partial charge in [-0.05, 0) is 49.5 Å². The second kappa shape index (κ2) is 7.13. The Bertz CT molecular complexity index is 464. The predicted octanol–water partition coefficient (Wildman–Crippen LogP) is 3.50. The van der Waals surface area contributed by atoms with E-state index in [1.165, 1.54) is 6.42 Å². The number of amides is 1. The van der Waals surface area contributed by atoms with Crippen molar-refractivity contribution in [3.63, 3.8) is 0 Å². The molecule has 3 nitrogen and oxygen atoms in total. The van der Waals surface area contributed by atoms with Gasteiger partial charge in [0.1, 0.15) is 5.75 Å². The summed E-state index contributed by atoms with van der Waals surface area (Å²) in [4.78, 5) is 14.3. The summed E-state index contributed by atoms with van der Waals surface area (Å²) in [5, 5.41) is 0. The predicted molar refractivity (Wildman–Crippen MR) is 81.7 cm³/mol. The molecule has 1 saturated heterocycles. The normalized spacial score (nSPS) is 19.3. The Labute approximate surface area is 121 Å². The summed E-state index contributed by atoms with van der Waals surface area (Å²) in [6, 6.07) is 8.13. The van der Waals surface area contributed by atoms with Crippen LogP contribution in [0, 0.1) is 0 Å². The number of likely N-dealkylation sites (tertiary alicyclic amines) is 1. The minimum atomic E-state index is 0.132. The zero-order valence-corrected chi connectivity index (χ0v) is 12.3. The number of benzene rings is 1. The first-order chi connectivity index (χ1) is 9.74. The van der Waals surface area contributed by atoms with Crippen molar-refractivity contribution in [2.24, 2.45) is 0 Å². The topological polar surface area (TPSA) is 29.5 Å². The Morgan fingerprint density at radius 3 is 2.75 bits per heavy atom. The van der Waals surface area contributed by atoms with Gasteiger partial charge in [0, 0.05) is 18.7 Å². The maximum atomic E-state index is 12.3. The van der Waals surface area contributed by atoms with Gasteiger partial charge in [0.2, 0.25) is 5.91 Å². The summed E-state index contributed by atoms with van der Waals surface area (Å²) < 4.78 is 5.12. The van der Waals surface area contributed by atoms with E-state index >= 15 is 0 Å². The Morgan fingerprint density at radius 1 is 1.35 bits per heavy atom. The van der Waals surface area contributed by atoms with E-state index in [-0.39, 0.29) is 5.91 Å². The van der Waals surface area contributed by atoms with Crippen LogP contribution in [-0.2, 0) is 4.79 Å². The van der Waals surface area contributed by atoms with E-state index in [1.807, 2.05) is 35.2 Å². The molecule has 0 spiro atoms. The van der Waals surface area contributed by atoms with Crippen LogP contribution in [0.1, 0.15) is 38.2 Å². The summed E-state index contributed by atoms with van der Waals surface area (Å²) in [7, 11) is 1.65. The quantitative estimate of drug-likeness (QED) is 0.786. The first kappa shape index (κ1) is 14.6. The minimum Gasteiger partial charge on any atom is -0.497 e. The van der Waals surface area contributed by atoms with Crippen LogP contribution in [0.25, 0.3) is 6.08 Å². The number of methoxy groups -OCH3 is 1. The molecule has 1 heterocycles. The molecule has 1 atom stereocenters. The number of rotatable bonds is 4. The highest BCUT2D eigenvalue weighted by molar-refractivity contribution is 5.92. The first-order valence-corrected chi connectivity index (χ1v) is 7.37. The number of nitrogens with zero attached hydrogens (tertiary/aromatic N) is 1. The molecular formula is C17H23NO2. The van der Waals surface area contributed by atoms with Gasteiger partial charge >= 0.3 is 0 Å². The Hall–Kier alpha value is -1.77. The van der Waals surface area contributed by atoms with E-state index in [4.69, 9.17) is 4.74 Å². The lowest BCUT2D eigenvalue weighted by molar-refractivity contribution is -0.129. The van der Waals surface area contributed by atoms with E-state index in [0.717, 1.165) is 37.1 Å². The van der Waals surface area contributed by atoms with Crippen molar-refractivity contribution in [3.05, 3.63) is 35.9 Å². The van der Waals surface area contributed by atoms with Crippen LogP contribution in [0.3, 0.4) is 0 Å². The lowest BCUT2D eigenvalue weighted by Crippen LogP contribution is -2.42. The van der Waals surface area contributed by atoms with Gasteiger partial charge < -0.3 is 9.64 Å². The molecule has 1 amide bonds. The summed E-state index contributed by atoms with van der Waals surface area (Å²) >= 11 is 0. The summed E-state index contributed by atoms with van der Waals surface area (Å²) in [6.45, 7) is 3.05. The second-order valence-corrected chi connectivity index (χ2v) is 5.20. The SMILES string of the molecule is CC[C@@H]1CCCCN1C(=O)/C=C/c1ccc(OC)cc1. The largest absolute Gasteiger partial charge is 0.497 e. The number of piperidine rings is 1. The van der Waals surface area contributed by atoms with Gasteiger partial charge in [0.05, 0.1) is 7.11 Å². The summed E-state index contributed by atoms with van der Waals surface area (Å²) in [6.07, 6.45) is 8.11. The molecule has 108 valence electrons. The molecule has 0 aromatic heterocycles. The van der Waals surface area contributed by atoms with Crippen LogP contribution in [0.5, 0.6) is 5.75 Å². The van der Waals surface area contributed by atoms with Gasteiger partial charge in [-0.2, -0.15) is 0 Å². The maximum absolute atomic E-state index is 12.3. The molecule has 2 rings (SSSR count). The van der Waals surface area contributed by atoms with Crippen molar-refractivity contribution in [1.82, 2.24) is 4.90 Å². The Morgan fingerprint density at radius 2 is 2.10 bits per heavy atom. The molecule has 1 aromatic rings. The number of hydrogen-bond donors (Lipinski definition) is 0. The van der Waals surface area contributed by atoms with Crippen LogP contribution >= 0.6 is 0 Å². The lowest BCUT2D eigenvalue weighted by atomic mass is 10.00. The van der Waals surface area contributed by atoms with Gasteiger partial charge in [-0.15, -0.1) is 0 Å². The molecule has 0 N–H and O–H groups in total. The van der Waals surface area contributed by atoms with Crippen molar-refractivity contribution in [2.75, 3.05) is 13.7 Å². The summed E-state index contributed by atoms with van der Waals surface area (Å²) in [5.74, 6) is 0.961. The fourth-order valence-electron chi connectivity index (χ4n) is 2.69. The van der Waals surface area contributed by atoms with Crippen LogP contribution in [-0.4, -0.2) is 30.5 Å². The van der Waals surface area contributed by atoms with Gasteiger partial charge in [-0.3, -0.25) is 4.79 Å². The maximum Gasteiger partial charge on any atom is 0.246 e. The molecule has 0 bridgehead atoms. The third-order valence-corrected chi connectivity index (χ3v) is 3.92. The average Bonchev–Trinajstić information content (AvgIpc) is 2.53. The highest BCUT2D eigenvalue weighted by Crippen LogP contribution is 2.20. The molecule has 0 radical (unpaired) electrons. The third kappa shape index (κ3) is 3.62. The fraction of sp³-hybridized carbons (Fsp3) is 0.471. The van der Waals surface area contributed by atoms with Gasteiger partial charge in [0.15, 0.2) is 0 Å². The molecule has 1 aromatic carbocycles. The molecule has 1 aliphatic rings. The van der Waals surface area contributed by atoms with Crippen LogP contribution in [0.15, 0.2) is 30.3 Å². The van der Waals surface area contributed by atoms with Crippen LogP contribution in [0.4, 0.5) is 0 Å². The van der Waals surface area contributed by atoms with Crippen LogP contribution in [0.2, 0.25) is 0 Å². The van der Waals surface area contributed by atoms with Crippen molar-refractivity contribution < 1.29 is 9.53 Å². The molecular weight excluding hydrogens is 250 g/mol. The van der Waals surface area contributed by atoms with Crippen molar-refractivity contribution in [2.45, 2.75) is 38.6 Å². The van der Waals surface area contributed by atoms with E-state index < -0.39 is 0 Å². The van der Waals surface area contributed by atoms with Crippen molar-refractivity contribution in [1.29, 1.82) is 0 Å². The fourth-order valence-corrected chi connectivity index (χ4v) is 2.69. The molecule has 0 saturated carbocycles. The molecule has 0 unspecified atom stereocenters. The standard InChI is InChI=1S/C17H23NO2/c1-3-15-6-4-5-13-18(15)17(19)12-9-14-7-10-16(20-2)11-8-14/h7-12,15H,3-6,13H2,1-2H3/b12-9+/t15-/m1/s1. The molecule has 0 aliphatic carbocycles. The van der Waals surface area contributed by atoms with Gasteiger partial charge in [0.25, 0.3) is 0 Å². The lowest BCUT2D eigenvalue weighted by Gasteiger charge is -2.34. The molecule has 3 heteroatoms. The Kier molecular flexibility index (Phi) is 5.22. The minimum absolute atomic E-state index is 0.132. The smallest absolute Gasteiger partial charge is 0.246 e. The number of hydrogen-bond acceptors (Lipinski definition) is 2. The molecule has 1 fully saturated rings. The van der Waals surface area contributed by atoms with E-state index in [9.17, 15) is 4.79 Å². The number of carbonyl (C=O) groups is 1.